The van der Waals surface area contributed by atoms with Crippen LogP contribution in [-0.2, 0) is 29.1 Å². The van der Waals surface area contributed by atoms with Gasteiger partial charge in [0.05, 0.1) is 23.1 Å². The number of halogens is 1. The number of fused-ring (bicyclic) bond motifs is 4. The van der Waals surface area contributed by atoms with E-state index in [1.54, 1.807) is 16.2 Å². The minimum absolute atomic E-state index is 0.0219. The summed E-state index contributed by atoms with van der Waals surface area (Å²) in [6, 6.07) is 17.3. The van der Waals surface area contributed by atoms with Gasteiger partial charge in [-0.2, -0.15) is 0 Å². The van der Waals surface area contributed by atoms with E-state index in [2.05, 4.69) is 50.6 Å². The van der Waals surface area contributed by atoms with Gasteiger partial charge in [0.25, 0.3) is 5.91 Å². The molecular weight excluding hydrogens is 766 g/mol. The monoisotopic (exact) mass is 809 g/mol. The van der Waals surface area contributed by atoms with Gasteiger partial charge in [0.2, 0.25) is 0 Å². The molecule has 4 aliphatic rings. The number of thiophene rings is 1. The van der Waals surface area contributed by atoms with Gasteiger partial charge in [0.15, 0.2) is 11.6 Å². The molecule has 6 heterocycles. The fourth-order valence-electron chi connectivity index (χ4n) is 8.95. The van der Waals surface area contributed by atoms with Crippen molar-refractivity contribution in [1.29, 1.82) is 0 Å². The molecule has 2 atom stereocenters. The van der Waals surface area contributed by atoms with Crippen molar-refractivity contribution in [3.05, 3.63) is 127 Å². The van der Waals surface area contributed by atoms with Crippen LogP contribution in [-0.4, -0.2) is 71.9 Å². The SMILES string of the molecule is Cc1c(C#Cc2ccc(CN3CCC(CCc4cccc5c4CN(C4CCC(=O)CC4=O)C5=O)CC3)cn2)sc2c1C(c1ccc(Cl)cc1)=N[C@@H](C)c1nnc(C)n1-2. The Hall–Kier alpha value is -5.28. The Morgan fingerprint density at radius 1 is 0.948 bits per heavy atom. The molecule has 12 heteroatoms. The molecule has 1 saturated carbocycles. The van der Waals surface area contributed by atoms with Gasteiger partial charge in [-0.1, -0.05) is 41.9 Å². The maximum Gasteiger partial charge on any atom is 0.255 e. The third-order valence-corrected chi connectivity index (χ3v) is 13.6. The van der Waals surface area contributed by atoms with Crippen molar-refractivity contribution in [2.24, 2.45) is 10.9 Å². The number of carbonyl (C=O) groups excluding carboxylic acids is 3. The second-order valence-electron chi connectivity index (χ2n) is 16.0. The highest BCUT2D eigenvalue weighted by Gasteiger charge is 2.39. The van der Waals surface area contributed by atoms with Crippen LogP contribution < -0.4 is 0 Å². The molecule has 10 nitrogen and oxygen atoms in total. The van der Waals surface area contributed by atoms with Gasteiger partial charge in [-0.15, -0.1) is 21.5 Å². The highest BCUT2D eigenvalue weighted by Crippen LogP contribution is 2.39. The third-order valence-electron chi connectivity index (χ3n) is 12.2. The lowest BCUT2D eigenvalue weighted by Gasteiger charge is -2.32. The number of hydrogen-bond acceptors (Lipinski definition) is 9. The average Bonchev–Trinajstić information content (AvgIpc) is 3.85. The van der Waals surface area contributed by atoms with Crippen molar-refractivity contribution in [3.63, 3.8) is 0 Å². The summed E-state index contributed by atoms with van der Waals surface area (Å²) < 4.78 is 2.12. The van der Waals surface area contributed by atoms with Crippen molar-refractivity contribution in [2.45, 2.75) is 90.9 Å². The molecule has 1 amide bonds. The first-order chi connectivity index (χ1) is 28.1. The van der Waals surface area contributed by atoms with Crippen LogP contribution in [0, 0.1) is 31.6 Å². The summed E-state index contributed by atoms with van der Waals surface area (Å²) in [5.74, 6) is 8.78. The van der Waals surface area contributed by atoms with Gasteiger partial charge >= 0.3 is 0 Å². The number of aryl methyl sites for hydroxylation is 2. The summed E-state index contributed by atoms with van der Waals surface area (Å²) in [4.78, 5) is 52.8. The van der Waals surface area contributed by atoms with Gasteiger partial charge < -0.3 is 4.90 Å². The lowest BCUT2D eigenvalue weighted by atomic mass is 9.89. The fraction of sp³-hybridized carbons (Fsp3) is 0.370. The van der Waals surface area contributed by atoms with Gasteiger partial charge in [0.1, 0.15) is 28.3 Å². The van der Waals surface area contributed by atoms with Crippen LogP contribution in [0.25, 0.3) is 5.00 Å². The Morgan fingerprint density at radius 3 is 2.52 bits per heavy atom. The van der Waals surface area contributed by atoms with E-state index in [1.165, 1.54) is 11.1 Å². The van der Waals surface area contributed by atoms with Crippen molar-refractivity contribution < 1.29 is 14.4 Å². The number of ketones is 2. The number of benzene rings is 2. The van der Waals surface area contributed by atoms with E-state index >= 15 is 0 Å². The number of carbonyl (C=O) groups is 3. The van der Waals surface area contributed by atoms with Gasteiger partial charge in [-0.3, -0.25) is 28.8 Å². The second kappa shape index (κ2) is 15.8. The molecule has 58 heavy (non-hydrogen) atoms. The predicted molar refractivity (Wildman–Crippen MR) is 225 cm³/mol. The van der Waals surface area contributed by atoms with Crippen LogP contribution in [0.3, 0.4) is 0 Å². The third kappa shape index (κ3) is 7.34. The molecule has 1 unspecified atom stereocenters. The van der Waals surface area contributed by atoms with Crippen LogP contribution in [0.15, 0.2) is 65.8 Å². The molecule has 2 fully saturated rings. The topological polar surface area (TPSA) is 114 Å². The summed E-state index contributed by atoms with van der Waals surface area (Å²) in [5.41, 5.74) is 8.88. The van der Waals surface area contributed by atoms with E-state index in [9.17, 15) is 14.4 Å². The first-order valence-electron chi connectivity index (χ1n) is 20.2. The number of piperidine rings is 1. The maximum atomic E-state index is 13.3. The van der Waals surface area contributed by atoms with E-state index in [4.69, 9.17) is 21.6 Å². The van der Waals surface area contributed by atoms with Crippen molar-refractivity contribution in [1.82, 2.24) is 29.5 Å². The number of hydrogen-bond donors (Lipinski definition) is 0. The highest BCUT2D eigenvalue weighted by atomic mass is 35.5. The number of Topliss-reactive ketones (excluding diaryl/α,β-unsaturated/α-hetero) is 2. The molecule has 0 radical (unpaired) electrons. The van der Waals surface area contributed by atoms with E-state index in [-0.39, 0.29) is 29.9 Å². The van der Waals surface area contributed by atoms with E-state index in [0.717, 1.165) is 101 Å². The quantitative estimate of drug-likeness (QED) is 0.122. The minimum Gasteiger partial charge on any atom is -0.324 e. The zero-order valence-corrected chi connectivity index (χ0v) is 34.5. The van der Waals surface area contributed by atoms with Crippen LogP contribution in [0.2, 0.25) is 5.02 Å². The minimum atomic E-state index is -0.481. The highest BCUT2D eigenvalue weighted by molar-refractivity contribution is 7.15. The Labute approximate surface area is 347 Å². The van der Waals surface area contributed by atoms with Gasteiger partial charge in [-0.25, -0.2) is 4.98 Å². The zero-order chi connectivity index (χ0) is 40.1. The molecule has 0 N–H and O–H groups in total. The molecule has 2 aromatic carbocycles. The van der Waals surface area contributed by atoms with Crippen LogP contribution >= 0.6 is 22.9 Å². The van der Waals surface area contributed by atoms with E-state index in [1.807, 2.05) is 62.5 Å². The summed E-state index contributed by atoms with van der Waals surface area (Å²) in [6.07, 6.45) is 6.96. The normalized spacial score (nSPS) is 19.6. The molecular formula is C46H44ClN7O3S. The summed E-state index contributed by atoms with van der Waals surface area (Å²) >= 11 is 7.88. The Kier molecular flexibility index (Phi) is 10.4. The molecule has 294 valence electrons. The smallest absolute Gasteiger partial charge is 0.255 e. The summed E-state index contributed by atoms with van der Waals surface area (Å²) in [5, 5.41) is 10.6. The van der Waals surface area contributed by atoms with Crippen LogP contribution in [0.4, 0.5) is 0 Å². The van der Waals surface area contributed by atoms with Crippen molar-refractivity contribution in [2.75, 3.05) is 13.1 Å². The van der Waals surface area contributed by atoms with Crippen LogP contribution in [0.1, 0.15) is 117 Å². The van der Waals surface area contributed by atoms with Gasteiger partial charge in [-0.05, 0) is 130 Å². The van der Waals surface area contributed by atoms with E-state index < -0.39 is 6.04 Å². The first-order valence-corrected chi connectivity index (χ1v) is 21.4. The van der Waals surface area contributed by atoms with Crippen molar-refractivity contribution in [3.8, 4) is 16.8 Å². The Balaban J connectivity index is 0.822. The number of amides is 1. The van der Waals surface area contributed by atoms with Crippen molar-refractivity contribution >= 4 is 46.1 Å². The van der Waals surface area contributed by atoms with Gasteiger partial charge in [0, 0.05) is 47.4 Å². The summed E-state index contributed by atoms with van der Waals surface area (Å²) in [6.45, 7) is 9.51. The molecule has 5 aromatic rings. The standard InChI is InChI=1S/C46H44ClN7O3S/c1-27-41(58-46-42(27)43(33-10-12-34(47)13-11-33)49-28(2)44-51-50-29(3)54(44)46)18-15-35-14-8-31(24-48-35)25-52-21-19-30(20-22-52)7-9-32-5-4-6-37-38(32)26-53(45(37)57)39-17-16-36(55)23-40(39)56/h4-6,8,10-14,24,28,30,39H,7,9,16-17,19-23,25-26H2,1-3H3/t28-,39?/m0/s1. The Morgan fingerprint density at radius 2 is 1.76 bits per heavy atom. The predicted octanol–water partition coefficient (Wildman–Crippen LogP) is 7.80. The average molecular weight is 810 g/mol. The Bertz CT molecular complexity index is 2540. The number of pyridine rings is 1. The molecule has 0 bridgehead atoms. The van der Waals surface area contributed by atoms with Crippen LogP contribution in [0.5, 0.6) is 0 Å². The molecule has 3 aromatic heterocycles. The molecule has 1 saturated heterocycles. The second-order valence-corrected chi connectivity index (χ2v) is 17.4. The number of nitrogens with zero attached hydrogens (tertiary/aromatic N) is 7. The number of aromatic nitrogens is 4. The van der Waals surface area contributed by atoms with E-state index in [0.29, 0.717) is 35.9 Å². The lowest BCUT2D eigenvalue weighted by molar-refractivity contribution is -0.133. The number of rotatable bonds is 7. The number of likely N-dealkylation sites (tertiary alicyclic amines) is 1. The first kappa shape index (κ1) is 38.2. The molecule has 3 aliphatic heterocycles. The molecule has 1 aliphatic carbocycles. The number of aliphatic imine (C=N–C) groups is 1. The zero-order valence-electron chi connectivity index (χ0n) is 32.9. The largest absolute Gasteiger partial charge is 0.324 e. The molecule has 0 spiro atoms. The fourth-order valence-corrected chi connectivity index (χ4v) is 10.3. The lowest BCUT2D eigenvalue weighted by Crippen LogP contribution is -2.44. The molecule has 9 rings (SSSR count). The summed E-state index contributed by atoms with van der Waals surface area (Å²) in [7, 11) is 0. The maximum absolute atomic E-state index is 13.3.